The average Bonchev–Trinajstić information content (AvgIpc) is 2.92. The summed E-state index contributed by atoms with van der Waals surface area (Å²) in [6.07, 6.45) is 1.54. The number of hydrogen-bond acceptors (Lipinski definition) is 4. The van der Waals surface area contributed by atoms with Crippen LogP contribution in [0, 0.1) is 0 Å². The Labute approximate surface area is 172 Å². The number of amides is 1. The molecule has 1 N–H and O–H groups in total. The van der Waals surface area contributed by atoms with E-state index in [1.807, 2.05) is 0 Å². The second kappa shape index (κ2) is 8.67. The summed E-state index contributed by atoms with van der Waals surface area (Å²) in [5.74, 6) is -0.644. The van der Waals surface area contributed by atoms with Gasteiger partial charge in [0.05, 0.1) is 11.6 Å². The Morgan fingerprint density at radius 3 is 2.54 bits per heavy atom. The molecule has 1 amide bonds. The minimum absolute atomic E-state index is 0.0344. The number of carboxylic acids is 1. The first-order valence-corrected chi connectivity index (χ1v) is 12.5. The Bertz CT molecular complexity index is 772. The number of ether oxygens (including phenoxy) is 1. The minimum Gasteiger partial charge on any atom is -0.480 e. The van der Waals surface area contributed by atoms with Crippen molar-refractivity contribution in [2.75, 3.05) is 13.2 Å². The van der Waals surface area contributed by atoms with E-state index in [-0.39, 0.29) is 30.5 Å². The molecule has 0 bridgehead atoms. The lowest BCUT2D eigenvalue weighted by Crippen LogP contribution is -2.45. The van der Waals surface area contributed by atoms with Gasteiger partial charge < -0.3 is 19.2 Å². The first-order chi connectivity index (χ1) is 12.9. The summed E-state index contributed by atoms with van der Waals surface area (Å²) in [5, 5.41) is 10.1. The maximum Gasteiger partial charge on any atom is 0.326 e. The molecule has 0 saturated heterocycles. The zero-order valence-electron chi connectivity index (χ0n) is 17.0. The fourth-order valence-corrected chi connectivity index (χ4v) is 3.80. The molecule has 1 aliphatic heterocycles. The summed E-state index contributed by atoms with van der Waals surface area (Å²) in [5.41, 5.74) is 0. The number of carbonyl (C=O) groups excluding carboxylic acids is 1. The topological polar surface area (TPSA) is 76.1 Å². The number of aliphatic carboxylic acids is 1. The van der Waals surface area contributed by atoms with E-state index in [0.29, 0.717) is 16.5 Å². The molecule has 0 aliphatic carbocycles. The van der Waals surface area contributed by atoms with Crippen molar-refractivity contribution in [1.29, 1.82) is 0 Å². The van der Waals surface area contributed by atoms with Crippen molar-refractivity contribution in [2.24, 2.45) is 0 Å². The number of para-hydroxylation sites is 1. The van der Waals surface area contributed by atoms with Crippen molar-refractivity contribution in [3.8, 4) is 5.75 Å². The zero-order valence-corrected chi connectivity index (χ0v) is 18.7. The highest BCUT2D eigenvalue weighted by Crippen LogP contribution is 2.36. The fourth-order valence-electron chi connectivity index (χ4n) is 2.56. The van der Waals surface area contributed by atoms with E-state index in [0.717, 1.165) is 0 Å². The fraction of sp³-hybridized carbons (Fsp3) is 0.500. The van der Waals surface area contributed by atoms with Gasteiger partial charge in [0.1, 0.15) is 17.6 Å². The molecule has 154 valence electrons. The lowest BCUT2D eigenvalue weighted by Gasteiger charge is -2.36. The predicted molar refractivity (Wildman–Crippen MR) is 111 cm³/mol. The Morgan fingerprint density at radius 1 is 1.32 bits per heavy atom. The van der Waals surface area contributed by atoms with Crippen molar-refractivity contribution >= 4 is 31.8 Å². The molecule has 8 heteroatoms. The van der Waals surface area contributed by atoms with Gasteiger partial charge >= 0.3 is 5.97 Å². The average molecular weight is 426 g/mol. The number of carbonyl (C=O) groups is 2. The standard InChI is InChI=1S/C20H28ClNO5Si/c1-20(2,3)28(4,5)26-11-10-16(19(24)25)22-13-14(12-18(22)23)27-17-9-7-6-8-15(17)21/h6-9,12,16H,10-11,13H2,1-5H3,(H,24,25). The van der Waals surface area contributed by atoms with Gasteiger partial charge in [-0.1, -0.05) is 44.5 Å². The van der Waals surface area contributed by atoms with Crippen LogP contribution in [-0.2, 0) is 14.0 Å². The third-order valence-corrected chi connectivity index (χ3v) is 10.1. The summed E-state index contributed by atoms with van der Waals surface area (Å²) in [7, 11) is -1.98. The van der Waals surface area contributed by atoms with Gasteiger partial charge in [-0.25, -0.2) is 4.79 Å². The first-order valence-electron chi connectivity index (χ1n) is 9.23. The molecular formula is C20H28ClNO5Si. The van der Waals surface area contributed by atoms with Crippen molar-refractivity contribution in [3.63, 3.8) is 0 Å². The molecule has 0 saturated carbocycles. The molecule has 0 radical (unpaired) electrons. The van der Waals surface area contributed by atoms with Crippen LogP contribution < -0.4 is 4.74 Å². The largest absolute Gasteiger partial charge is 0.480 e. The molecule has 0 spiro atoms. The van der Waals surface area contributed by atoms with Crippen LogP contribution in [0.5, 0.6) is 5.75 Å². The Kier molecular flexibility index (Phi) is 6.96. The highest BCUT2D eigenvalue weighted by molar-refractivity contribution is 6.74. The first kappa shape index (κ1) is 22.5. The Morgan fingerprint density at radius 2 is 1.96 bits per heavy atom. The molecule has 2 rings (SSSR count). The predicted octanol–water partition coefficient (Wildman–Crippen LogP) is 4.31. The number of hydrogen-bond donors (Lipinski definition) is 1. The number of benzene rings is 1. The van der Waals surface area contributed by atoms with Crippen LogP contribution in [0.1, 0.15) is 27.2 Å². The summed E-state index contributed by atoms with van der Waals surface area (Å²) in [6, 6.07) is 5.95. The van der Waals surface area contributed by atoms with E-state index < -0.39 is 20.3 Å². The van der Waals surface area contributed by atoms with Gasteiger partial charge in [0.2, 0.25) is 0 Å². The lowest BCUT2D eigenvalue weighted by atomic mass is 10.2. The minimum atomic E-state index is -1.98. The van der Waals surface area contributed by atoms with E-state index in [4.69, 9.17) is 20.8 Å². The Balaban J connectivity index is 2.00. The van der Waals surface area contributed by atoms with Gasteiger partial charge in [0.25, 0.3) is 5.91 Å². The van der Waals surface area contributed by atoms with E-state index in [1.54, 1.807) is 24.3 Å². The highest BCUT2D eigenvalue weighted by atomic mass is 35.5. The number of halogens is 1. The summed E-state index contributed by atoms with van der Waals surface area (Å²) in [6.45, 7) is 11.0. The van der Waals surface area contributed by atoms with Gasteiger partial charge in [-0.2, -0.15) is 0 Å². The molecular weight excluding hydrogens is 398 g/mol. The number of rotatable bonds is 8. The van der Waals surface area contributed by atoms with E-state index >= 15 is 0 Å². The molecule has 28 heavy (non-hydrogen) atoms. The molecule has 1 aliphatic rings. The summed E-state index contributed by atoms with van der Waals surface area (Å²) >= 11 is 6.08. The molecule has 6 nitrogen and oxygen atoms in total. The number of nitrogens with zero attached hydrogens (tertiary/aromatic N) is 1. The van der Waals surface area contributed by atoms with Crippen LogP contribution >= 0.6 is 11.6 Å². The second-order valence-corrected chi connectivity index (χ2v) is 13.6. The zero-order chi connectivity index (χ0) is 21.1. The maximum atomic E-state index is 12.4. The quantitative estimate of drug-likeness (QED) is 0.628. The monoisotopic (exact) mass is 425 g/mol. The summed E-state index contributed by atoms with van der Waals surface area (Å²) in [4.78, 5) is 25.4. The van der Waals surface area contributed by atoms with Crippen LogP contribution in [0.2, 0.25) is 23.2 Å². The van der Waals surface area contributed by atoms with Crippen LogP contribution in [-0.4, -0.2) is 49.4 Å². The van der Waals surface area contributed by atoms with Crippen LogP contribution in [0.3, 0.4) is 0 Å². The second-order valence-electron chi connectivity index (χ2n) is 8.36. The smallest absolute Gasteiger partial charge is 0.326 e. The molecule has 1 aromatic carbocycles. The van der Waals surface area contributed by atoms with Crippen molar-refractivity contribution < 1.29 is 23.9 Å². The molecule has 1 heterocycles. The maximum absolute atomic E-state index is 12.4. The molecule has 0 fully saturated rings. The van der Waals surface area contributed by atoms with Crippen LogP contribution in [0.4, 0.5) is 0 Å². The summed E-state index contributed by atoms with van der Waals surface area (Å²) < 4.78 is 11.8. The third kappa shape index (κ3) is 5.37. The van der Waals surface area contributed by atoms with Crippen LogP contribution in [0.15, 0.2) is 36.1 Å². The van der Waals surface area contributed by atoms with Crippen molar-refractivity contribution in [1.82, 2.24) is 4.90 Å². The SMILES string of the molecule is CC(C)(C)[Si](C)(C)OCCC(C(=O)O)N1CC(Oc2ccccc2Cl)=CC1=O. The highest BCUT2D eigenvalue weighted by Gasteiger charge is 2.38. The molecule has 1 unspecified atom stereocenters. The van der Waals surface area contributed by atoms with Crippen molar-refractivity contribution in [3.05, 3.63) is 41.1 Å². The van der Waals surface area contributed by atoms with Crippen LogP contribution in [0.25, 0.3) is 0 Å². The van der Waals surface area contributed by atoms with Crippen molar-refractivity contribution in [2.45, 2.75) is 51.4 Å². The van der Waals surface area contributed by atoms with Gasteiger partial charge in [-0.15, -0.1) is 0 Å². The van der Waals surface area contributed by atoms with Gasteiger partial charge in [-0.3, -0.25) is 4.79 Å². The normalized spacial score (nSPS) is 16.1. The molecule has 1 atom stereocenters. The van der Waals surface area contributed by atoms with E-state index in [1.165, 1.54) is 11.0 Å². The lowest BCUT2D eigenvalue weighted by molar-refractivity contribution is -0.148. The Hall–Kier alpha value is -1.83. The van der Waals surface area contributed by atoms with E-state index in [2.05, 4.69) is 33.9 Å². The molecule has 0 aromatic heterocycles. The molecule has 1 aromatic rings. The van der Waals surface area contributed by atoms with Gasteiger partial charge in [0, 0.05) is 19.1 Å². The number of carboxylic acid groups (broad SMARTS) is 1. The van der Waals surface area contributed by atoms with Gasteiger partial charge in [0.15, 0.2) is 8.32 Å². The van der Waals surface area contributed by atoms with E-state index in [9.17, 15) is 14.7 Å². The third-order valence-electron chi connectivity index (χ3n) is 5.29. The van der Waals surface area contributed by atoms with Gasteiger partial charge in [-0.05, 0) is 30.3 Å².